The number of hydrogen-bond acceptors (Lipinski definition) is 6. The van der Waals surface area contributed by atoms with Crippen LogP contribution in [0.25, 0.3) is 0 Å². The molecule has 1 fully saturated rings. The van der Waals surface area contributed by atoms with Crippen LogP contribution in [-0.2, 0) is 14.6 Å². The van der Waals surface area contributed by atoms with E-state index in [9.17, 15) is 13.2 Å². The van der Waals surface area contributed by atoms with Crippen LogP contribution in [-0.4, -0.2) is 43.9 Å². The summed E-state index contributed by atoms with van der Waals surface area (Å²) in [5.41, 5.74) is 4.87. The van der Waals surface area contributed by atoms with E-state index < -0.39 is 9.84 Å². The minimum Gasteiger partial charge on any atom is -0.284 e. The fourth-order valence-electron chi connectivity index (χ4n) is 4.71. The topological polar surface area (TPSA) is 82.1 Å². The van der Waals surface area contributed by atoms with Crippen LogP contribution in [0.1, 0.15) is 57.6 Å². The van der Waals surface area contributed by atoms with E-state index in [0.717, 1.165) is 37.9 Å². The SMILES string of the molecule is CCCCS(=O)(=O)c1ccc([C@H]2[C@@H](C)C(C(=O)NN3CCCCC3)=NN2c2ccc(Cl)cc2Cl)cc1. The predicted molar refractivity (Wildman–Crippen MR) is 145 cm³/mol. The molecule has 0 bridgehead atoms. The number of rotatable bonds is 8. The number of hydrogen-bond donors (Lipinski definition) is 1. The van der Waals surface area contributed by atoms with E-state index in [1.807, 2.05) is 18.9 Å². The Kier molecular flexibility index (Phi) is 8.60. The number of hydrazine groups is 1. The average Bonchev–Trinajstić information content (AvgIpc) is 3.20. The van der Waals surface area contributed by atoms with Crippen LogP contribution < -0.4 is 10.4 Å². The van der Waals surface area contributed by atoms with Gasteiger partial charge in [-0.1, -0.05) is 62.0 Å². The number of nitrogens with zero attached hydrogens (tertiary/aromatic N) is 3. The Labute approximate surface area is 223 Å². The number of nitrogens with one attached hydrogen (secondary N) is 1. The van der Waals surface area contributed by atoms with Gasteiger partial charge >= 0.3 is 0 Å². The highest BCUT2D eigenvalue weighted by Crippen LogP contribution is 2.42. The van der Waals surface area contributed by atoms with Gasteiger partial charge in [0.1, 0.15) is 5.71 Å². The Morgan fingerprint density at radius 1 is 1.08 bits per heavy atom. The highest BCUT2D eigenvalue weighted by atomic mass is 35.5. The number of carbonyl (C=O) groups is 1. The van der Waals surface area contributed by atoms with Crippen molar-refractivity contribution in [2.75, 3.05) is 23.9 Å². The maximum atomic E-state index is 13.3. The number of sulfone groups is 1. The molecule has 1 saturated heterocycles. The van der Waals surface area contributed by atoms with Crippen molar-refractivity contribution >= 4 is 50.3 Å². The number of amides is 1. The molecule has 194 valence electrons. The van der Waals surface area contributed by atoms with E-state index >= 15 is 0 Å². The third-order valence-electron chi connectivity index (χ3n) is 6.74. The van der Waals surface area contributed by atoms with Crippen molar-refractivity contribution in [2.24, 2.45) is 11.0 Å². The van der Waals surface area contributed by atoms with E-state index in [2.05, 4.69) is 5.43 Å². The first-order chi connectivity index (χ1) is 17.2. The molecule has 2 aliphatic rings. The summed E-state index contributed by atoms with van der Waals surface area (Å²) < 4.78 is 25.3. The van der Waals surface area contributed by atoms with Crippen LogP contribution in [0.5, 0.6) is 0 Å². The lowest BCUT2D eigenvalue weighted by Gasteiger charge is -2.28. The number of carbonyl (C=O) groups excluding carboxylic acids is 1. The van der Waals surface area contributed by atoms with Crippen LogP contribution in [0.4, 0.5) is 5.69 Å². The minimum absolute atomic E-state index is 0.124. The summed E-state index contributed by atoms with van der Waals surface area (Å²) >= 11 is 12.7. The van der Waals surface area contributed by atoms with Gasteiger partial charge in [-0.05, 0) is 55.2 Å². The third-order valence-corrected chi connectivity index (χ3v) is 9.09. The number of hydrazone groups is 1. The minimum atomic E-state index is -3.34. The number of piperidine rings is 1. The number of anilines is 1. The van der Waals surface area contributed by atoms with Gasteiger partial charge in [0.25, 0.3) is 5.91 Å². The molecule has 0 aliphatic carbocycles. The Hall–Kier alpha value is -2.13. The fourth-order valence-corrected chi connectivity index (χ4v) is 6.66. The predicted octanol–water partition coefficient (Wildman–Crippen LogP) is 5.64. The van der Waals surface area contributed by atoms with Crippen molar-refractivity contribution in [3.05, 3.63) is 58.1 Å². The summed E-state index contributed by atoms with van der Waals surface area (Å²) in [5, 5.41) is 9.34. The fraction of sp³-hybridized carbons (Fsp3) is 0.462. The zero-order valence-corrected chi connectivity index (χ0v) is 22.9. The highest BCUT2D eigenvalue weighted by molar-refractivity contribution is 7.91. The van der Waals surface area contributed by atoms with Gasteiger partial charge in [-0.15, -0.1) is 0 Å². The molecule has 0 aromatic heterocycles. The van der Waals surface area contributed by atoms with Gasteiger partial charge in [0.15, 0.2) is 9.84 Å². The summed E-state index contributed by atoms with van der Waals surface area (Å²) in [5.74, 6) is -0.385. The quantitative estimate of drug-likeness (QED) is 0.460. The molecular formula is C26H32Cl2N4O3S. The molecule has 2 heterocycles. The lowest BCUT2D eigenvalue weighted by molar-refractivity contribution is -0.120. The molecule has 0 radical (unpaired) electrons. The molecule has 10 heteroatoms. The maximum Gasteiger partial charge on any atom is 0.282 e. The van der Waals surface area contributed by atoms with Crippen molar-refractivity contribution < 1.29 is 13.2 Å². The number of unbranched alkanes of at least 4 members (excludes halogenated alkanes) is 1. The molecular weight excluding hydrogens is 519 g/mol. The molecule has 4 rings (SSSR count). The van der Waals surface area contributed by atoms with Gasteiger partial charge in [-0.2, -0.15) is 5.10 Å². The Balaban J connectivity index is 1.66. The van der Waals surface area contributed by atoms with Crippen molar-refractivity contribution in [3.8, 4) is 0 Å². The van der Waals surface area contributed by atoms with E-state index in [1.54, 1.807) is 47.5 Å². The van der Waals surface area contributed by atoms with E-state index in [0.29, 0.717) is 32.8 Å². The van der Waals surface area contributed by atoms with E-state index in [1.165, 1.54) is 6.42 Å². The molecule has 36 heavy (non-hydrogen) atoms. The van der Waals surface area contributed by atoms with Crippen LogP contribution >= 0.6 is 23.2 Å². The van der Waals surface area contributed by atoms with Gasteiger partial charge in [-0.25, -0.2) is 13.4 Å². The molecule has 0 saturated carbocycles. The van der Waals surface area contributed by atoms with Crippen LogP contribution in [0.2, 0.25) is 10.0 Å². The summed E-state index contributed by atoms with van der Waals surface area (Å²) in [7, 11) is -3.34. The second kappa shape index (κ2) is 11.5. The summed E-state index contributed by atoms with van der Waals surface area (Å²) in [4.78, 5) is 13.6. The van der Waals surface area contributed by atoms with Crippen LogP contribution in [0.3, 0.4) is 0 Å². The van der Waals surface area contributed by atoms with Gasteiger partial charge in [0.05, 0.1) is 27.4 Å². The normalized spacial score (nSPS) is 20.9. The number of halogens is 2. The van der Waals surface area contributed by atoms with Gasteiger partial charge in [-0.3, -0.25) is 15.2 Å². The Morgan fingerprint density at radius 3 is 2.42 bits per heavy atom. The molecule has 2 aromatic carbocycles. The zero-order valence-electron chi connectivity index (χ0n) is 20.6. The number of benzene rings is 2. The Bertz CT molecular complexity index is 1230. The summed E-state index contributed by atoms with van der Waals surface area (Å²) in [6.45, 7) is 5.56. The van der Waals surface area contributed by atoms with Crippen molar-refractivity contribution in [3.63, 3.8) is 0 Å². The molecule has 7 nitrogen and oxygen atoms in total. The molecule has 2 aromatic rings. The third kappa shape index (κ3) is 5.88. The lowest BCUT2D eigenvalue weighted by Crippen LogP contribution is -2.48. The largest absolute Gasteiger partial charge is 0.284 e. The standard InChI is InChI=1S/C26H32Cl2N4O3S/c1-3-4-16-36(34,35)21-11-8-19(9-12-21)25-18(2)24(26(33)30-31-14-6-5-7-15-31)29-32(25)23-13-10-20(27)17-22(23)28/h8-13,17-18,25H,3-7,14-16H2,1-2H3,(H,30,33)/t18-,25+/m0/s1. The summed E-state index contributed by atoms with van der Waals surface area (Å²) in [6, 6.07) is 11.7. The molecule has 0 spiro atoms. The smallest absolute Gasteiger partial charge is 0.282 e. The first-order valence-electron chi connectivity index (χ1n) is 12.4. The second-order valence-corrected chi connectivity index (χ2v) is 12.3. The molecule has 1 amide bonds. The molecule has 0 unspecified atom stereocenters. The lowest BCUT2D eigenvalue weighted by atomic mass is 9.91. The van der Waals surface area contributed by atoms with Crippen LogP contribution in [0, 0.1) is 5.92 Å². The summed E-state index contributed by atoms with van der Waals surface area (Å²) in [6.07, 6.45) is 4.69. The van der Waals surface area contributed by atoms with Gasteiger partial charge in [0.2, 0.25) is 0 Å². The van der Waals surface area contributed by atoms with Gasteiger partial charge < -0.3 is 0 Å². The van der Waals surface area contributed by atoms with Gasteiger partial charge in [0, 0.05) is 24.0 Å². The van der Waals surface area contributed by atoms with Crippen LogP contribution in [0.15, 0.2) is 52.5 Å². The van der Waals surface area contributed by atoms with Crippen molar-refractivity contribution in [1.29, 1.82) is 0 Å². The zero-order chi connectivity index (χ0) is 25.9. The monoisotopic (exact) mass is 550 g/mol. The Morgan fingerprint density at radius 2 is 1.78 bits per heavy atom. The highest BCUT2D eigenvalue weighted by Gasteiger charge is 2.40. The average molecular weight is 552 g/mol. The maximum absolute atomic E-state index is 13.3. The first kappa shape index (κ1) is 26.9. The van der Waals surface area contributed by atoms with E-state index in [4.69, 9.17) is 28.3 Å². The second-order valence-electron chi connectivity index (χ2n) is 9.39. The van der Waals surface area contributed by atoms with Crippen molar-refractivity contribution in [2.45, 2.75) is 56.9 Å². The van der Waals surface area contributed by atoms with E-state index in [-0.39, 0.29) is 23.6 Å². The molecule has 1 N–H and O–H groups in total. The molecule has 2 aliphatic heterocycles. The molecule has 2 atom stereocenters. The van der Waals surface area contributed by atoms with Crippen molar-refractivity contribution in [1.82, 2.24) is 10.4 Å². The first-order valence-corrected chi connectivity index (χ1v) is 14.8.